The molecule has 0 saturated heterocycles. The maximum atomic E-state index is 12.2. The average Bonchev–Trinajstić information content (AvgIpc) is 2.47. The first-order chi connectivity index (χ1) is 6.19. The summed E-state index contributed by atoms with van der Waals surface area (Å²) >= 11 is -0.125. The van der Waals surface area contributed by atoms with Gasteiger partial charge >= 0.3 is 5.97 Å². The number of halogens is 1. The van der Waals surface area contributed by atoms with E-state index in [0.717, 1.165) is 4.09 Å². The topological polar surface area (TPSA) is 44.1 Å². The molecule has 0 aliphatic heterocycles. The Morgan fingerprint density at radius 2 is 2.54 bits per heavy atom. The molecular formula is C7H9FN2O2S. The smallest absolute Gasteiger partial charge is 0.357 e. The van der Waals surface area contributed by atoms with Crippen LogP contribution in [0.1, 0.15) is 23.1 Å². The monoisotopic (exact) mass is 204 g/mol. The lowest BCUT2D eigenvalue weighted by molar-refractivity contribution is 0.0517. The van der Waals surface area contributed by atoms with Crippen LogP contribution in [0.5, 0.6) is 0 Å². The van der Waals surface area contributed by atoms with Crippen molar-refractivity contribution in [2.45, 2.75) is 13.8 Å². The molecule has 1 heterocycles. The highest BCUT2D eigenvalue weighted by Gasteiger charge is 2.15. The van der Waals surface area contributed by atoms with Gasteiger partial charge in [-0.1, -0.05) is 0 Å². The zero-order chi connectivity index (χ0) is 9.84. The first kappa shape index (κ1) is 10.0. The van der Waals surface area contributed by atoms with Gasteiger partial charge in [-0.15, -0.1) is 3.89 Å². The van der Waals surface area contributed by atoms with Gasteiger partial charge in [0.15, 0.2) is 18.0 Å². The van der Waals surface area contributed by atoms with Crippen LogP contribution in [0.25, 0.3) is 0 Å². The van der Waals surface area contributed by atoms with Crippen molar-refractivity contribution in [3.63, 3.8) is 0 Å². The molecule has 1 rings (SSSR count). The van der Waals surface area contributed by atoms with Crippen molar-refractivity contribution < 1.29 is 13.4 Å². The third kappa shape index (κ3) is 2.21. The van der Waals surface area contributed by atoms with Gasteiger partial charge in [-0.05, 0) is 19.9 Å². The van der Waals surface area contributed by atoms with E-state index in [1.165, 1.54) is 6.07 Å². The Kier molecular flexibility index (Phi) is 3.30. The summed E-state index contributed by atoms with van der Waals surface area (Å²) in [4.78, 5) is 11.2. The van der Waals surface area contributed by atoms with Crippen LogP contribution in [0, 0.1) is 6.92 Å². The Balaban J connectivity index is 2.91. The number of aryl methyl sites for hydroxylation is 1. The zero-order valence-electron chi connectivity index (χ0n) is 7.28. The van der Waals surface area contributed by atoms with E-state index in [1.54, 1.807) is 13.8 Å². The molecule has 13 heavy (non-hydrogen) atoms. The molecule has 0 unspecified atom stereocenters. The van der Waals surface area contributed by atoms with Crippen molar-refractivity contribution in [2.75, 3.05) is 6.61 Å². The Bertz CT molecular complexity index is 313. The maximum Gasteiger partial charge on any atom is 0.357 e. The first-order valence-corrected chi connectivity index (χ1v) is 4.39. The second-order valence-corrected chi connectivity index (χ2v) is 2.82. The van der Waals surface area contributed by atoms with Crippen LogP contribution < -0.4 is 0 Å². The summed E-state index contributed by atoms with van der Waals surface area (Å²) in [5.41, 5.74) is 0.694. The quantitative estimate of drug-likeness (QED) is 0.703. The molecule has 0 amide bonds. The van der Waals surface area contributed by atoms with Gasteiger partial charge in [-0.25, -0.2) is 4.79 Å². The number of aromatic nitrogens is 2. The molecule has 0 N–H and O–H groups in total. The second-order valence-electron chi connectivity index (χ2n) is 2.33. The van der Waals surface area contributed by atoms with Crippen LogP contribution in [0.15, 0.2) is 6.07 Å². The normalized spacial score (nSPS) is 10.1. The summed E-state index contributed by atoms with van der Waals surface area (Å²) in [6, 6.07) is 1.48. The maximum absolute atomic E-state index is 12.2. The van der Waals surface area contributed by atoms with Gasteiger partial charge in [0.1, 0.15) is 0 Å². The summed E-state index contributed by atoms with van der Waals surface area (Å²) in [6.07, 6.45) is 0. The molecule has 0 saturated carbocycles. The number of rotatable bonds is 3. The van der Waals surface area contributed by atoms with E-state index in [1.807, 2.05) is 0 Å². The van der Waals surface area contributed by atoms with Crippen molar-refractivity contribution in [1.29, 1.82) is 0 Å². The van der Waals surface area contributed by atoms with Crippen LogP contribution >= 0.6 is 12.3 Å². The summed E-state index contributed by atoms with van der Waals surface area (Å²) in [6.45, 7) is 3.63. The van der Waals surface area contributed by atoms with Crippen molar-refractivity contribution in [1.82, 2.24) is 9.19 Å². The van der Waals surface area contributed by atoms with Gasteiger partial charge in [0.25, 0.3) is 0 Å². The Labute approximate surface area is 79.5 Å². The molecule has 0 aromatic carbocycles. The van der Waals surface area contributed by atoms with Crippen molar-refractivity contribution >= 4 is 18.3 Å². The second kappa shape index (κ2) is 4.27. The molecule has 6 heteroatoms. The highest BCUT2D eigenvalue weighted by Crippen LogP contribution is 2.13. The van der Waals surface area contributed by atoms with E-state index in [-0.39, 0.29) is 24.6 Å². The van der Waals surface area contributed by atoms with E-state index >= 15 is 0 Å². The third-order valence-corrected chi connectivity index (χ3v) is 1.76. The Morgan fingerprint density at radius 3 is 3.08 bits per heavy atom. The summed E-state index contributed by atoms with van der Waals surface area (Å²) in [5, 5.41) is 3.74. The Hall–Kier alpha value is -1.04. The van der Waals surface area contributed by atoms with Crippen molar-refractivity contribution in [3.05, 3.63) is 17.5 Å². The fourth-order valence-electron chi connectivity index (χ4n) is 0.874. The zero-order valence-corrected chi connectivity index (χ0v) is 8.10. The van der Waals surface area contributed by atoms with E-state index < -0.39 is 5.97 Å². The SMILES string of the molecule is CCOC(=O)c1cc(C)nn1SF. The highest BCUT2D eigenvalue weighted by atomic mass is 32.2. The van der Waals surface area contributed by atoms with Crippen molar-refractivity contribution in [3.8, 4) is 0 Å². The van der Waals surface area contributed by atoms with Gasteiger partial charge in [-0.3, -0.25) is 0 Å². The van der Waals surface area contributed by atoms with E-state index in [4.69, 9.17) is 4.74 Å². The Morgan fingerprint density at radius 1 is 1.85 bits per heavy atom. The summed E-state index contributed by atoms with van der Waals surface area (Å²) in [7, 11) is 0. The lowest BCUT2D eigenvalue weighted by Crippen LogP contribution is -2.08. The van der Waals surface area contributed by atoms with Crippen molar-refractivity contribution in [2.24, 2.45) is 0 Å². The van der Waals surface area contributed by atoms with E-state index in [2.05, 4.69) is 5.10 Å². The van der Waals surface area contributed by atoms with Gasteiger partial charge in [0, 0.05) is 0 Å². The molecule has 1 aromatic rings. The number of ether oxygens (including phenoxy) is 1. The summed E-state index contributed by atoms with van der Waals surface area (Å²) < 4.78 is 17.8. The number of hydrogen-bond acceptors (Lipinski definition) is 4. The molecule has 0 aliphatic rings. The minimum atomic E-state index is -0.562. The molecule has 0 bridgehead atoms. The summed E-state index contributed by atoms with van der Waals surface area (Å²) in [5.74, 6) is -0.562. The molecule has 0 atom stereocenters. The lowest BCUT2D eigenvalue weighted by atomic mass is 10.4. The van der Waals surface area contributed by atoms with Crippen LogP contribution in [0.2, 0.25) is 0 Å². The van der Waals surface area contributed by atoms with Gasteiger partial charge < -0.3 is 4.74 Å². The lowest BCUT2D eigenvalue weighted by Gasteiger charge is -2.00. The fraction of sp³-hybridized carbons (Fsp3) is 0.429. The number of hydrogen-bond donors (Lipinski definition) is 0. The van der Waals surface area contributed by atoms with Crippen LogP contribution in [0.4, 0.5) is 3.89 Å². The fourth-order valence-corrected chi connectivity index (χ4v) is 1.23. The predicted octanol–water partition coefficient (Wildman–Crippen LogP) is 1.75. The number of carbonyl (C=O) groups is 1. The van der Waals surface area contributed by atoms with Gasteiger partial charge in [0.05, 0.1) is 12.3 Å². The van der Waals surface area contributed by atoms with Crippen LogP contribution in [0.3, 0.4) is 0 Å². The van der Waals surface area contributed by atoms with Crippen LogP contribution in [-0.4, -0.2) is 21.8 Å². The van der Waals surface area contributed by atoms with Gasteiger partial charge in [-0.2, -0.15) is 9.19 Å². The molecule has 1 aromatic heterocycles. The molecule has 0 aliphatic carbocycles. The molecule has 72 valence electrons. The molecular weight excluding hydrogens is 195 g/mol. The molecule has 0 radical (unpaired) electrons. The minimum Gasteiger partial charge on any atom is -0.461 e. The molecule has 0 fully saturated rings. The largest absolute Gasteiger partial charge is 0.461 e. The molecule has 0 spiro atoms. The number of carbonyl (C=O) groups excluding carboxylic acids is 1. The third-order valence-electron chi connectivity index (χ3n) is 1.35. The predicted molar refractivity (Wildman–Crippen MR) is 47.0 cm³/mol. The number of nitrogens with zero attached hydrogens (tertiary/aromatic N) is 2. The molecule has 4 nitrogen and oxygen atoms in total. The van der Waals surface area contributed by atoms with Gasteiger partial charge in [0.2, 0.25) is 0 Å². The van der Waals surface area contributed by atoms with E-state index in [9.17, 15) is 8.68 Å². The standard InChI is InChI=1S/C7H9FN2O2S/c1-3-12-7(11)6-4-5(2)9-10(6)13-8/h4H,3H2,1-2H3. The first-order valence-electron chi connectivity index (χ1n) is 3.72. The van der Waals surface area contributed by atoms with E-state index in [0.29, 0.717) is 5.69 Å². The average molecular weight is 204 g/mol. The number of esters is 1. The highest BCUT2D eigenvalue weighted by molar-refractivity contribution is 7.92. The minimum absolute atomic E-state index is 0.117. The van der Waals surface area contributed by atoms with Crippen LogP contribution in [-0.2, 0) is 4.74 Å².